The molecule has 0 aliphatic carbocycles. The molecule has 0 fully saturated rings. The highest BCUT2D eigenvalue weighted by atomic mass is 19.1. The minimum Gasteiger partial charge on any atom is -0.431 e. The van der Waals surface area contributed by atoms with Crippen LogP contribution in [0.4, 0.5) is 4.39 Å². The molecule has 2 rings (SSSR count). The molecule has 0 unspecified atom stereocenters. The van der Waals surface area contributed by atoms with Crippen LogP contribution in [0.25, 0.3) is 11.0 Å². The fraction of sp³-hybridized carbons (Fsp3) is 0.273. The van der Waals surface area contributed by atoms with Crippen molar-refractivity contribution in [3.8, 4) is 0 Å². The van der Waals surface area contributed by atoms with Crippen LogP contribution in [0.3, 0.4) is 0 Å². The number of aliphatic hydroxyl groups excluding tert-OH is 1. The summed E-state index contributed by atoms with van der Waals surface area (Å²) in [6.07, 6.45) is 0.156. The van der Waals surface area contributed by atoms with Gasteiger partial charge >= 0.3 is 0 Å². The molecule has 0 aliphatic heterocycles. The smallest absolute Gasteiger partial charge is 0.278 e. The van der Waals surface area contributed by atoms with Crippen LogP contribution in [0.5, 0.6) is 0 Å². The van der Waals surface area contributed by atoms with Crippen molar-refractivity contribution < 1.29 is 13.9 Å². The van der Waals surface area contributed by atoms with Gasteiger partial charge in [-0.25, -0.2) is 0 Å². The van der Waals surface area contributed by atoms with E-state index in [1.807, 2.05) is 6.92 Å². The van der Waals surface area contributed by atoms with Crippen molar-refractivity contribution >= 4 is 11.0 Å². The van der Waals surface area contributed by atoms with E-state index >= 15 is 0 Å². The summed E-state index contributed by atoms with van der Waals surface area (Å²) in [6, 6.07) is 5.90. The van der Waals surface area contributed by atoms with E-state index < -0.39 is 12.1 Å². The monoisotopic (exact) mass is 194 g/mol. The van der Waals surface area contributed by atoms with E-state index in [2.05, 4.69) is 0 Å². The van der Waals surface area contributed by atoms with Crippen molar-refractivity contribution in [2.24, 2.45) is 0 Å². The number of furan rings is 1. The molecule has 1 heterocycles. The Morgan fingerprint density at radius 1 is 1.43 bits per heavy atom. The molecule has 0 bridgehead atoms. The van der Waals surface area contributed by atoms with E-state index in [0.717, 1.165) is 5.56 Å². The van der Waals surface area contributed by atoms with E-state index in [4.69, 9.17) is 4.42 Å². The number of fused-ring (bicyclic) bond motifs is 1. The molecule has 0 saturated heterocycles. The lowest BCUT2D eigenvalue weighted by Gasteiger charge is -2.06. The van der Waals surface area contributed by atoms with Crippen LogP contribution < -0.4 is 0 Å². The maximum absolute atomic E-state index is 12.7. The lowest BCUT2D eigenvalue weighted by molar-refractivity contribution is 0.174. The first-order valence-electron chi connectivity index (χ1n) is 4.57. The second kappa shape index (κ2) is 3.42. The van der Waals surface area contributed by atoms with Crippen LogP contribution in [0, 0.1) is 6.01 Å². The quantitative estimate of drug-likeness (QED) is 0.797. The van der Waals surface area contributed by atoms with Gasteiger partial charge in [0.1, 0.15) is 5.58 Å². The minimum atomic E-state index is -0.594. The number of hydrogen-bond acceptors (Lipinski definition) is 2. The average Bonchev–Trinajstić information content (AvgIpc) is 2.55. The van der Waals surface area contributed by atoms with Gasteiger partial charge < -0.3 is 9.52 Å². The van der Waals surface area contributed by atoms with Crippen molar-refractivity contribution in [2.45, 2.75) is 19.4 Å². The topological polar surface area (TPSA) is 33.4 Å². The van der Waals surface area contributed by atoms with Gasteiger partial charge in [0.15, 0.2) is 0 Å². The van der Waals surface area contributed by atoms with Gasteiger partial charge in [0, 0.05) is 11.5 Å². The molecule has 1 aromatic carbocycles. The molecule has 0 radical (unpaired) electrons. The third-order valence-corrected chi connectivity index (χ3v) is 2.28. The molecule has 14 heavy (non-hydrogen) atoms. The van der Waals surface area contributed by atoms with Crippen LogP contribution in [0.2, 0.25) is 0 Å². The Kier molecular flexibility index (Phi) is 2.25. The molecule has 0 amide bonds. The Hall–Kier alpha value is -1.35. The maximum Gasteiger partial charge on any atom is 0.278 e. The Bertz CT molecular complexity index is 447. The SMILES string of the molecule is CC[C@H](O)c1ccc2oc(F)cc2c1. The molecule has 2 aromatic rings. The number of aliphatic hydroxyl groups is 1. The highest BCUT2D eigenvalue weighted by molar-refractivity contribution is 5.77. The zero-order chi connectivity index (χ0) is 10.1. The molecule has 0 aliphatic rings. The largest absolute Gasteiger partial charge is 0.431 e. The van der Waals surface area contributed by atoms with Crippen LogP contribution >= 0.6 is 0 Å². The fourth-order valence-corrected chi connectivity index (χ4v) is 1.47. The van der Waals surface area contributed by atoms with E-state index in [1.54, 1.807) is 18.2 Å². The standard InChI is InChI=1S/C11H11FO2/c1-2-9(13)7-3-4-10-8(5-7)6-11(12)14-10/h3-6,9,13H,2H2,1H3/t9-/m0/s1. The molecule has 1 N–H and O–H groups in total. The highest BCUT2D eigenvalue weighted by Crippen LogP contribution is 2.24. The molecular formula is C11H11FO2. The Morgan fingerprint density at radius 2 is 2.21 bits per heavy atom. The Labute approximate surface area is 81.0 Å². The van der Waals surface area contributed by atoms with Crippen LogP contribution in [-0.2, 0) is 0 Å². The molecule has 74 valence electrons. The van der Waals surface area contributed by atoms with Crippen molar-refractivity contribution in [1.29, 1.82) is 0 Å². The van der Waals surface area contributed by atoms with E-state index in [1.165, 1.54) is 6.07 Å². The number of benzene rings is 1. The van der Waals surface area contributed by atoms with Gasteiger partial charge in [-0.2, -0.15) is 4.39 Å². The minimum absolute atomic E-state index is 0.489. The van der Waals surface area contributed by atoms with Crippen molar-refractivity contribution in [3.63, 3.8) is 0 Å². The van der Waals surface area contributed by atoms with Crippen molar-refractivity contribution in [3.05, 3.63) is 35.8 Å². The Balaban J connectivity index is 2.50. The van der Waals surface area contributed by atoms with E-state index in [0.29, 0.717) is 17.4 Å². The van der Waals surface area contributed by atoms with Crippen LogP contribution in [-0.4, -0.2) is 5.11 Å². The summed E-state index contributed by atoms with van der Waals surface area (Å²) in [4.78, 5) is 0. The van der Waals surface area contributed by atoms with Crippen LogP contribution in [0.15, 0.2) is 28.7 Å². The molecular weight excluding hydrogens is 183 g/mol. The number of rotatable bonds is 2. The van der Waals surface area contributed by atoms with Crippen LogP contribution in [0.1, 0.15) is 25.0 Å². The summed E-state index contributed by atoms with van der Waals surface area (Å²) in [5, 5.41) is 10.3. The maximum atomic E-state index is 12.7. The van der Waals surface area contributed by atoms with Gasteiger partial charge in [-0.1, -0.05) is 13.0 Å². The van der Waals surface area contributed by atoms with Gasteiger partial charge in [0.2, 0.25) is 0 Å². The average molecular weight is 194 g/mol. The number of hydrogen-bond donors (Lipinski definition) is 1. The normalized spacial score (nSPS) is 13.4. The summed E-state index contributed by atoms with van der Waals surface area (Å²) < 4.78 is 17.5. The highest BCUT2D eigenvalue weighted by Gasteiger charge is 2.08. The second-order valence-electron chi connectivity index (χ2n) is 3.27. The summed E-state index contributed by atoms with van der Waals surface area (Å²) in [7, 11) is 0. The molecule has 2 nitrogen and oxygen atoms in total. The molecule has 3 heteroatoms. The van der Waals surface area contributed by atoms with Gasteiger partial charge in [-0.15, -0.1) is 0 Å². The molecule has 0 spiro atoms. The van der Waals surface area contributed by atoms with Gasteiger partial charge in [0.25, 0.3) is 6.01 Å². The zero-order valence-electron chi connectivity index (χ0n) is 7.83. The summed E-state index contributed by atoms with van der Waals surface area (Å²) >= 11 is 0. The summed E-state index contributed by atoms with van der Waals surface area (Å²) in [5.74, 6) is 0. The lowest BCUT2D eigenvalue weighted by Crippen LogP contribution is -1.93. The van der Waals surface area contributed by atoms with Gasteiger partial charge in [-0.3, -0.25) is 0 Å². The predicted molar refractivity (Wildman–Crippen MR) is 51.4 cm³/mol. The predicted octanol–water partition coefficient (Wildman–Crippen LogP) is 3.02. The first-order chi connectivity index (χ1) is 6.70. The van der Waals surface area contributed by atoms with E-state index in [9.17, 15) is 9.50 Å². The van der Waals surface area contributed by atoms with Crippen molar-refractivity contribution in [2.75, 3.05) is 0 Å². The third kappa shape index (κ3) is 1.51. The Morgan fingerprint density at radius 3 is 2.93 bits per heavy atom. The van der Waals surface area contributed by atoms with E-state index in [-0.39, 0.29) is 0 Å². The second-order valence-corrected chi connectivity index (χ2v) is 3.27. The molecule has 1 aromatic heterocycles. The summed E-state index contributed by atoms with van der Waals surface area (Å²) in [6.45, 7) is 1.89. The lowest BCUT2D eigenvalue weighted by atomic mass is 10.1. The zero-order valence-corrected chi connectivity index (χ0v) is 7.83. The third-order valence-electron chi connectivity index (χ3n) is 2.28. The molecule has 0 saturated carbocycles. The van der Waals surface area contributed by atoms with Crippen molar-refractivity contribution in [1.82, 2.24) is 0 Å². The first kappa shape index (κ1) is 9.21. The molecule has 1 atom stereocenters. The summed E-state index contributed by atoms with van der Waals surface area (Å²) in [5.41, 5.74) is 1.30. The number of halogens is 1. The first-order valence-corrected chi connectivity index (χ1v) is 4.57. The van der Waals surface area contributed by atoms with Gasteiger partial charge in [-0.05, 0) is 24.1 Å². The van der Waals surface area contributed by atoms with Gasteiger partial charge in [0.05, 0.1) is 6.10 Å². The fourth-order valence-electron chi connectivity index (χ4n) is 1.47.